The van der Waals surface area contributed by atoms with E-state index in [-0.39, 0.29) is 22.0 Å². The van der Waals surface area contributed by atoms with Crippen LogP contribution in [0.25, 0.3) is 10.2 Å². The number of fused-ring (bicyclic) bond motifs is 1. The molecule has 0 saturated heterocycles. The van der Waals surface area contributed by atoms with Crippen molar-refractivity contribution >= 4 is 44.3 Å². The van der Waals surface area contributed by atoms with Crippen molar-refractivity contribution in [2.45, 2.75) is 6.04 Å². The zero-order valence-electron chi connectivity index (χ0n) is 17.5. The largest absolute Gasteiger partial charge is 0.503 e. The summed E-state index contributed by atoms with van der Waals surface area (Å²) in [6.45, 7) is 0. The highest BCUT2D eigenvalue weighted by atomic mass is 32.1. The van der Waals surface area contributed by atoms with Crippen molar-refractivity contribution in [1.82, 2.24) is 4.98 Å². The molecule has 1 aliphatic heterocycles. The predicted molar refractivity (Wildman–Crippen MR) is 120 cm³/mol. The van der Waals surface area contributed by atoms with Gasteiger partial charge in [0.1, 0.15) is 5.82 Å². The molecule has 1 atom stereocenters. The monoisotopic (exact) mass is 478 g/mol. The zero-order valence-corrected chi connectivity index (χ0v) is 18.3. The minimum atomic E-state index is -1.07. The van der Waals surface area contributed by atoms with Crippen LogP contribution >= 0.6 is 11.3 Å². The second-order valence-electron chi connectivity index (χ2n) is 7.37. The number of aromatic nitrogens is 1. The highest BCUT2D eigenvalue weighted by Gasteiger charge is 2.46. The SMILES string of the molecule is COC(=O)c1ccc([C@H]2C(C(=O)c3ccco3)=C(O)C(=O)N2c2nc3ccc(F)cc3s2)cc1. The third-order valence-corrected chi connectivity index (χ3v) is 6.41. The van der Waals surface area contributed by atoms with E-state index in [0.29, 0.717) is 15.8 Å². The van der Waals surface area contributed by atoms with E-state index in [0.717, 1.165) is 11.3 Å². The van der Waals surface area contributed by atoms with Gasteiger partial charge in [0, 0.05) is 0 Å². The van der Waals surface area contributed by atoms with Gasteiger partial charge in [-0.15, -0.1) is 0 Å². The Morgan fingerprint density at radius 1 is 1.18 bits per heavy atom. The molecule has 170 valence electrons. The average Bonchev–Trinajstić information content (AvgIpc) is 3.57. The Labute approximate surface area is 195 Å². The van der Waals surface area contributed by atoms with Crippen LogP contribution in [0.2, 0.25) is 0 Å². The van der Waals surface area contributed by atoms with Crippen molar-refractivity contribution in [3.8, 4) is 0 Å². The number of ketones is 1. The Morgan fingerprint density at radius 3 is 2.62 bits per heavy atom. The number of benzene rings is 2. The van der Waals surface area contributed by atoms with Crippen LogP contribution in [0.1, 0.15) is 32.5 Å². The number of thiazole rings is 1. The number of hydrogen-bond donors (Lipinski definition) is 1. The van der Waals surface area contributed by atoms with Crippen molar-refractivity contribution in [2.24, 2.45) is 0 Å². The lowest BCUT2D eigenvalue weighted by atomic mass is 9.94. The summed E-state index contributed by atoms with van der Waals surface area (Å²) in [5.41, 5.74) is 0.964. The summed E-state index contributed by atoms with van der Waals surface area (Å²) in [7, 11) is 1.25. The Morgan fingerprint density at radius 2 is 1.94 bits per heavy atom. The molecule has 1 aliphatic rings. The van der Waals surface area contributed by atoms with Crippen LogP contribution in [-0.2, 0) is 9.53 Å². The number of aliphatic hydroxyl groups excluding tert-OH is 1. The number of nitrogens with zero attached hydrogens (tertiary/aromatic N) is 2. The Hall–Kier alpha value is -4.31. The quantitative estimate of drug-likeness (QED) is 0.330. The van der Waals surface area contributed by atoms with Gasteiger partial charge in [0.05, 0.1) is 40.8 Å². The molecule has 0 unspecified atom stereocenters. The number of carbonyl (C=O) groups excluding carboxylic acids is 3. The zero-order chi connectivity index (χ0) is 24.0. The van der Waals surface area contributed by atoms with E-state index < -0.39 is 35.3 Å². The van der Waals surface area contributed by atoms with Gasteiger partial charge in [0.2, 0.25) is 5.78 Å². The number of halogens is 1. The maximum Gasteiger partial charge on any atom is 0.337 e. The standard InChI is InChI=1S/C24H15FN2O6S/c1-32-23(31)13-6-4-12(5-7-13)19-18(20(28)16-3-2-10-33-16)21(29)22(30)27(19)24-26-15-9-8-14(25)11-17(15)34-24/h2-11,19,29H,1H3/t19-/m0/s1. The molecule has 3 heterocycles. The van der Waals surface area contributed by atoms with Crippen LogP contribution in [-0.4, -0.2) is 34.9 Å². The first kappa shape index (κ1) is 21.5. The molecule has 4 aromatic rings. The fourth-order valence-electron chi connectivity index (χ4n) is 3.80. The van der Waals surface area contributed by atoms with Gasteiger partial charge < -0.3 is 14.3 Å². The van der Waals surface area contributed by atoms with Crippen LogP contribution in [0.3, 0.4) is 0 Å². The Bertz CT molecular complexity index is 1470. The number of Topliss-reactive ketones (excluding diaryl/α,β-unsaturated/α-hetero) is 1. The van der Waals surface area contributed by atoms with Crippen LogP contribution in [0.15, 0.2) is 76.6 Å². The molecule has 0 fully saturated rings. The molecule has 0 aliphatic carbocycles. The van der Waals surface area contributed by atoms with Crippen LogP contribution < -0.4 is 4.90 Å². The molecule has 10 heteroatoms. The number of carbonyl (C=O) groups is 3. The molecule has 1 N–H and O–H groups in total. The first-order valence-electron chi connectivity index (χ1n) is 9.98. The average molecular weight is 478 g/mol. The number of methoxy groups -OCH3 is 1. The summed E-state index contributed by atoms with van der Waals surface area (Å²) in [6, 6.07) is 12.0. The predicted octanol–water partition coefficient (Wildman–Crippen LogP) is 4.60. The number of amides is 1. The van der Waals surface area contributed by atoms with Crippen molar-refractivity contribution in [2.75, 3.05) is 12.0 Å². The molecular weight excluding hydrogens is 463 g/mol. The van der Waals surface area contributed by atoms with E-state index >= 15 is 0 Å². The molecule has 0 saturated carbocycles. The van der Waals surface area contributed by atoms with Crippen LogP contribution in [0.4, 0.5) is 9.52 Å². The molecule has 2 aromatic carbocycles. The smallest absolute Gasteiger partial charge is 0.337 e. The van der Waals surface area contributed by atoms with Gasteiger partial charge in [0.25, 0.3) is 5.91 Å². The Kier molecular flexibility index (Phi) is 5.21. The van der Waals surface area contributed by atoms with E-state index in [1.165, 1.54) is 60.7 Å². The topological polar surface area (TPSA) is 110 Å². The van der Waals surface area contributed by atoms with Crippen LogP contribution in [0.5, 0.6) is 0 Å². The third kappa shape index (κ3) is 3.44. The van der Waals surface area contributed by atoms with Crippen molar-refractivity contribution < 1.29 is 33.0 Å². The number of aliphatic hydroxyl groups is 1. The second-order valence-corrected chi connectivity index (χ2v) is 8.38. The minimum Gasteiger partial charge on any atom is -0.503 e. The minimum absolute atomic E-state index is 0.0567. The lowest BCUT2D eigenvalue weighted by Crippen LogP contribution is -2.31. The summed E-state index contributed by atoms with van der Waals surface area (Å²) < 4.78 is 24.1. The molecule has 8 nitrogen and oxygen atoms in total. The highest BCUT2D eigenvalue weighted by Crippen LogP contribution is 2.44. The fourth-order valence-corrected chi connectivity index (χ4v) is 4.82. The van der Waals surface area contributed by atoms with Gasteiger partial charge in [-0.25, -0.2) is 14.2 Å². The first-order chi connectivity index (χ1) is 16.4. The summed E-state index contributed by atoms with van der Waals surface area (Å²) in [6.07, 6.45) is 1.31. The number of ether oxygens (including phenoxy) is 1. The summed E-state index contributed by atoms with van der Waals surface area (Å²) in [5.74, 6) is -3.32. The van der Waals surface area contributed by atoms with E-state index in [4.69, 9.17) is 9.15 Å². The molecule has 0 spiro atoms. The third-order valence-electron chi connectivity index (χ3n) is 5.39. The molecule has 5 rings (SSSR count). The van der Waals surface area contributed by atoms with Gasteiger partial charge in [-0.1, -0.05) is 23.5 Å². The number of esters is 1. The number of hydrogen-bond acceptors (Lipinski definition) is 8. The van der Waals surface area contributed by atoms with E-state index in [2.05, 4.69) is 4.98 Å². The summed E-state index contributed by atoms with van der Waals surface area (Å²) in [4.78, 5) is 43.9. The van der Waals surface area contributed by atoms with Crippen molar-refractivity contribution in [3.63, 3.8) is 0 Å². The van der Waals surface area contributed by atoms with Gasteiger partial charge in [-0.3, -0.25) is 14.5 Å². The molecule has 34 heavy (non-hydrogen) atoms. The number of rotatable bonds is 5. The second kappa shape index (κ2) is 8.23. The normalized spacial score (nSPS) is 15.9. The van der Waals surface area contributed by atoms with E-state index in [1.54, 1.807) is 12.1 Å². The fraction of sp³-hybridized carbons (Fsp3) is 0.0833. The van der Waals surface area contributed by atoms with Gasteiger partial charge >= 0.3 is 5.97 Å². The lowest BCUT2D eigenvalue weighted by Gasteiger charge is -2.24. The molecule has 0 bridgehead atoms. The highest BCUT2D eigenvalue weighted by molar-refractivity contribution is 7.22. The lowest BCUT2D eigenvalue weighted by molar-refractivity contribution is -0.117. The first-order valence-corrected chi connectivity index (χ1v) is 10.8. The van der Waals surface area contributed by atoms with Crippen LogP contribution in [0, 0.1) is 5.82 Å². The van der Waals surface area contributed by atoms with Crippen molar-refractivity contribution in [3.05, 3.63) is 94.9 Å². The van der Waals surface area contributed by atoms with Gasteiger partial charge in [-0.05, 0) is 48.0 Å². The van der Waals surface area contributed by atoms with E-state index in [9.17, 15) is 23.9 Å². The van der Waals surface area contributed by atoms with Crippen molar-refractivity contribution in [1.29, 1.82) is 0 Å². The Balaban J connectivity index is 1.66. The molecule has 2 aromatic heterocycles. The van der Waals surface area contributed by atoms with E-state index in [1.807, 2.05) is 0 Å². The number of anilines is 1. The maximum atomic E-state index is 13.7. The molecule has 0 radical (unpaired) electrons. The number of furan rings is 1. The summed E-state index contributed by atoms with van der Waals surface area (Å²) >= 11 is 1.04. The molecule has 1 amide bonds. The van der Waals surface area contributed by atoms with Gasteiger partial charge in [-0.2, -0.15) is 0 Å². The molecular formula is C24H15FN2O6S. The van der Waals surface area contributed by atoms with Gasteiger partial charge in [0.15, 0.2) is 16.7 Å². The maximum absolute atomic E-state index is 13.7. The summed E-state index contributed by atoms with van der Waals surface area (Å²) in [5, 5.41) is 10.9.